The zero-order valence-electron chi connectivity index (χ0n) is 35.8. The van der Waals surface area contributed by atoms with Crippen LogP contribution in [-0.2, 0) is 30.8 Å². The molecule has 1 aromatic carbocycles. The highest BCUT2D eigenvalue weighted by atomic mass is 32.2. The lowest BCUT2D eigenvalue weighted by atomic mass is 9.84. The largest absolute Gasteiger partial charge is 0.497 e. The fourth-order valence-electron chi connectivity index (χ4n) is 9.11. The molecule has 3 N–H and O–H groups in total. The summed E-state index contributed by atoms with van der Waals surface area (Å²) in [5.41, 5.74) is -3.19. The minimum Gasteiger partial charge on any atom is -0.497 e. The molecule has 1 aromatic heterocycles. The third kappa shape index (κ3) is 8.20. The lowest BCUT2D eigenvalue weighted by molar-refractivity contribution is -0.156. The molecule has 18 heteroatoms. The van der Waals surface area contributed by atoms with Crippen LogP contribution >= 0.6 is 0 Å². The van der Waals surface area contributed by atoms with E-state index in [2.05, 4.69) is 10.0 Å². The van der Waals surface area contributed by atoms with Crippen molar-refractivity contribution in [1.82, 2.24) is 24.8 Å². The summed E-state index contributed by atoms with van der Waals surface area (Å²) in [6, 6.07) is 2.31. The molecule has 61 heavy (non-hydrogen) atoms. The molecule has 0 radical (unpaired) electrons. The van der Waals surface area contributed by atoms with Crippen LogP contribution in [0.4, 0.5) is 13.6 Å². The molecule has 2 aromatic rings. The number of rotatable bonds is 9. The van der Waals surface area contributed by atoms with Crippen molar-refractivity contribution in [3.8, 4) is 17.5 Å². The van der Waals surface area contributed by atoms with Crippen LogP contribution in [0.1, 0.15) is 98.5 Å². The Morgan fingerprint density at radius 3 is 2.51 bits per heavy atom. The number of halogens is 2. The number of hydrogen-bond donors (Lipinski definition) is 3. The Morgan fingerprint density at radius 1 is 1.13 bits per heavy atom. The summed E-state index contributed by atoms with van der Waals surface area (Å²) in [7, 11) is -2.55. The second-order valence-corrected chi connectivity index (χ2v) is 20.8. The summed E-state index contributed by atoms with van der Waals surface area (Å²) >= 11 is 0. The molecule has 2 aliphatic carbocycles. The van der Waals surface area contributed by atoms with Crippen LogP contribution in [-0.4, -0.2) is 112 Å². The topological polar surface area (TPSA) is 194 Å². The number of amides is 4. The van der Waals surface area contributed by atoms with Crippen LogP contribution in [0, 0.1) is 17.8 Å². The molecule has 4 heterocycles. The number of methoxy groups -OCH3 is 1. The molecular weight excluding hydrogens is 817 g/mol. The van der Waals surface area contributed by atoms with E-state index < -0.39 is 85.6 Å². The lowest BCUT2D eigenvalue weighted by Crippen LogP contribution is -2.66. The number of pyridine rings is 1. The van der Waals surface area contributed by atoms with Gasteiger partial charge >= 0.3 is 6.09 Å². The molecule has 2 saturated carbocycles. The molecule has 7 atom stereocenters. The van der Waals surface area contributed by atoms with Gasteiger partial charge in [-0.1, -0.05) is 26.0 Å². The van der Waals surface area contributed by atoms with Crippen LogP contribution in [0.5, 0.6) is 17.5 Å². The van der Waals surface area contributed by atoms with E-state index in [-0.39, 0.29) is 37.6 Å². The van der Waals surface area contributed by atoms with Gasteiger partial charge in [-0.25, -0.2) is 22.0 Å². The number of hydrogen-bond acceptors (Lipinski definition) is 10. The van der Waals surface area contributed by atoms with E-state index in [1.807, 2.05) is 19.1 Å². The Balaban J connectivity index is 1.31. The quantitative estimate of drug-likeness (QED) is 0.266. The average Bonchev–Trinajstić information content (AvgIpc) is 4.07. The van der Waals surface area contributed by atoms with Crippen molar-refractivity contribution < 1.29 is 55.7 Å². The van der Waals surface area contributed by atoms with E-state index in [4.69, 9.17) is 19.2 Å². The number of ether oxygens (including phenoxy) is 3. The Morgan fingerprint density at radius 2 is 1.85 bits per heavy atom. The number of alkyl halides is 2. The summed E-state index contributed by atoms with van der Waals surface area (Å²) in [6.07, 6.45) is 4.47. The minimum atomic E-state index is -4.10. The van der Waals surface area contributed by atoms with E-state index in [9.17, 15) is 27.9 Å². The van der Waals surface area contributed by atoms with Crippen LogP contribution in [0.25, 0.3) is 10.8 Å². The fourth-order valence-corrected chi connectivity index (χ4v) is 10.4. The normalized spacial score (nSPS) is 29.6. The Kier molecular flexibility index (Phi) is 11.5. The minimum absolute atomic E-state index is 0.0875. The first-order chi connectivity index (χ1) is 28.5. The number of benzene rings is 1. The van der Waals surface area contributed by atoms with E-state index in [0.29, 0.717) is 67.6 Å². The average molecular weight is 874 g/mol. The third-order valence-electron chi connectivity index (χ3n) is 13.7. The summed E-state index contributed by atoms with van der Waals surface area (Å²) in [6.45, 7) is 8.01. The monoisotopic (exact) mass is 873 g/mol. The number of carbonyl (C=O) groups excluding carboxylic acids is 3. The van der Waals surface area contributed by atoms with Gasteiger partial charge < -0.3 is 29.5 Å². The van der Waals surface area contributed by atoms with Crippen molar-refractivity contribution in [3.05, 3.63) is 35.9 Å². The summed E-state index contributed by atoms with van der Waals surface area (Å²) < 4.78 is 76.6. The fraction of sp³-hybridized carbons (Fsp3) is 0.651. The van der Waals surface area contributed by atoms with Crippen molar-refractivity contribution in [3.63, 3.8) is 0 Å². The number of fused-ring (bicyclic) bond motifs is 5. The van der Waals surface area contributed by atoms with E-state index in [1.54, 1.807) is 39.2 Å². The maximum absolute atomic E-state index is 15.4. The Labute approximate surface area is 355 Å². The smallest absolute Gasteiger partial charge is 0.408 e. The zero-order valence-corrected chi connectivity index (χ0v) is 36.6. The van der Waals surface area contributed by atoms with E-state index >= 15 is 13.6 Å². The highest BCUT2D eigenvalue weighted by molar-refractivity contribution is 7.91. The van der Waals surface area contributed by atoms with Crippen molar-refractivity contribution in [2.75, 3.05) is 20.3 Å². The van der Waals surface area contributed by atoms with Crippen molar-refractivity contribution >= 4 is 44.6 Å². The molecule has 4 amide bonds. The van der Waals surface area contributed by atoms with Gasteiger partial charge in [0, 0.05) is 30.2 Å². The molecule has 0 bridgehead atoms. The van der Waals surface area contributed by atoms with Gasteiger partial charge in [-0.15, -0.1) is 0 Å². The third-order valence-corrected chi connectivity index (χ3v) is 15.9. The summed E-state index contributed by atoms with van der Waals surface area (Å²) in [5, 5.41) is 14.9. The van der Waals surface area contributed by atoms with Crippen LogP contribution in [0.3, 0.4) is 0 Å². The first-order valence-corrected chi connectivity index (χ1v) is 22.6. The number of aromatic nitrogens is 1. The molecule has 5 aliphatic rings. The molecule has 3 aliphatic heterocycles. The number of carboxylic acid groups (broad SMARTS) is 1. The number of nitrogens with one attached hydrogen (secondary N) is 2. The van der Waals surface area contributed by atoms with Crippen molar-refractivity contribution in [2.45, 2.75) is 139 Å². The van der Waals surface area contributed by atoms with Gasteiger partial charge in [0.2, 0.25) is 33.6 Å². The standard InChI is InChI=1S/C43H57F2N5O10S/c1-24-11-8-9-12-26-22-43(26,38(53)48-61(56,57)41(5)16-17-41)47-34(51)32-21-28(60-36-30-15-14-27(58-7)20-31(30)29-13-10-18-59-35(29)46-36)23-49(32)37(52)33(25(2)19-24)50(39(54)55)40(3,4)42(6,44)45/h9,12,14-15,20,24-26,28,32-33H,8,10-11,13,16-19,21-23H2,1-7H3,(H,47,51)(H,48,53)(H,54,55)/b12-9-/t24-,25-,26-,28-,32+,33+,43-/m1/s1. The Hall–Kier alpha value is -4.74. The number of nitrogens with zero attached hydrogens (tertiary/aromatic N) is 3. The van der Waals surface area contributed by atoms with Gasteiger partial charge in [0.15, 0.2) is 0 Å². The molecule has 0 spiro atoms. The predicted molar refractivity (Wildman–Crippen MR) is 220 cm³/mol. The van der Waals surface area contributed by atoms with Gasteiger partial charge in [0.25, 0.3) is 11.8 Å². The van der Waals surface area contributed by atoms with Gasteiger partial charge in [-0.3, -0.25) is 24.0 Å². The first kappa shape index (κ1) is 44.3. The predicted octanol–water partition coefficient (Wildman–Crippen LogP) is 5.58. The number of carbonyl (C=O) groups is 4. The summed E-state index contributed by atoms with van der Waals surface area (Å²) in [5.74, 6) is -6.56. The molecule has 15 nitrogen and oxygen atoms in total. The van der Waals surface area contributed by atoms with Gasteiger partial charge in [0.05, 0.1) is 25.0 Å². The van der Waals surface area contributed by atoms with Crippen LogP contribution in [0.2, 0.25) is 0 Å². The zero-order chi connectivity index (χ0) is 44.4. The lowest BCUT2D eigenvalue weighted by Gasteiger charge is -2.47. The number of allylic oxidation sites excluding steroid dienone is 1. The molecule has 334 valence electrons. The molecule has 7 rings (SSSR count). The van der Waals surface area contributed by atoms with Crippen molar-refractivity contribution in [1.29, 1.82) is 0 Å². The Bertz CT molecular complexity index is 2240. The SMILES string of the molecule is COc1ccc2c(O[C@@H]3C[C@H]4C(=O)N[C@]5(C(=O)NS(=O)(=O)C6(C)CC6)C[C@H]5/C=C\CC[C@@H](C)C[C@@H](C)[C@H](N(C(=O)O)C(C)(C)C(C)(F)F)C(=O)N4C3)nc3c(c2c1)CCCO3. The molecule has 0 unspecified atom stereocenters. The van der Waals surface area contributed by atoms with Crippen LogP contribution < -0.4 is 24.2 Å². The summed E-state index contributed by atoms with van der Waals surface area (Å²) in [4.78, 5) is 63.6. The molecular formula is C43H57F2N5O10S. The van der Waals surface area contributed by atoms with Gasteiger partial charge in [0.1, 0.15) is 35.0 Å². The number of sulfonamides is 1. The van der Waals surface area contributed by atoms with Crippen molar-refractivity contribution in [2.24, 2.45) is 17.8 Å². The second-order valence-electron chi connectivity index (χ2n) is 18.6. The number of aryl methyl sites for hydroxylation is 1. The maximum atomic E-state index is 15.4. The van der Waals surface area contributed by atoms with Gasteiger partial charge in [-0.2, -0.15) is 4.98 Å². The highest BCUT2D eigenvalue weighted by Crippen LogP contribution is 2.48. The van der Waals surface area contributed by atoms with Crippen LogP contribution in [0.15, 0.2) is 30.4 Å². The maximum Gasteiger partial charge on any atom is 0.408 e. The second kappa shape index (κ2) is 15.9. The highest BCUT2D eigenvalue weighted by Gasteiger charge is 2.63. The molecule has 1 saturated heterocycles. The molecule has 3 fully saturated rings. The van der Waals surface area contributed by atoms with E-state index in [0.717, 1.165) is 36.1 Å². The van der Waals surface area contributed by atoms with E-state index in [1.165, 1.54) is 0 Å². The van der Waals surface area contributed by atoms with Gasteiger partial charge in [-0.05, 0) is 108 Å². The first-order valence-electron chi connectivity index (χ1n) is 21.1.